The van der Waals surface area contributed by atoms with Gasteiger partial charge >= 0.3 is 0 Å². The second-order valence-electron chi connectivity index (χ2n) is 4.71. The Kier molecular flexibility index (Phi) is 5.37. The van der Waals surface area contributed by atoms with Gasteiger partial charge in [0.15, 0.2) is 0 Å². The number of hydrogen-bond acceptors (Lipinski definition) is 5. The van der Waals surface area contributed by atoms with E-state index in [0.717, 1.165) is 9.35 Å². The third-order valence-electron chi connectivity index (χ3n) is 2.63. The summed E-state index contributed by atoms with van der Waals surface area (Å²) in [7, 11) is -3.62. The first-order valence-electron chi connectivity index (χ1n) is 6.32. The van der Waals surface area contributed by atoms with Crippen LogP contribution < -0.4 is 10.0 Å². The van der Waals surface area contributed by atoms with Crippen LogP contribution in [-0.2, 0) is 16.6 Å². The SMILES string of the molecule is CC(C)NCc1sccc1S(=O)(=O)Nc1ccc(Br)cn1. The van der Waals surface area contributed by atoms with Crippen LogP contribution in [0.5, 0.6) is 0 Å². The fraction of sp³-hybridized carbons (Fsp3) is 0.308. The van der Waals surface area contributed by atoms with E-state index in [-0.39, 0.29) is 0 Å². The summed E-state index contributed by atoms with van der Waals surface area (Å²) in [5.41, 5.74) is 0. The molecular weight excluding hydrogens is 374 g/mol. The Morgan fingerprint density at radius 2 is 2.10 bits per heavy atom. The molecule has 0 saturated carbocycles. The van der Waals surface area contributed by atoms with Gasteiger partial charge in [-0.1, -0.05) is 13.8 Å². The molecule has 8 heteroatoms. The molecule has 0 fully saturated rings. The molecule has 2 heterocycles. The first kappa shape index (κ1) is 16.4. The van der Waals surface area contributed by atoms with Crippen LogP contribution in [0, 0.1) is 0 Å². The molecule has 0 bridgehead atoms. The highest BCUT2D eigenvalue weighted by atomic mass is 79.9. The third kappa shape index (κ3) is 4.50. The molecule has 2 rings (SSSR count). The predicted molar refractivity (Wildman–Crippen MR) is 89.0 cm³/mol. The minimum absolute atomic E-state index is 0.295. The van der Waals surface area contributed by atoms with Crippen molar-refractivity contribution in [2.24, 2.45) is 0 Å². The molecule has 5 nitrogen and oxygen atoms in total. The molecule has 0 spiro atoms. The van der Waals surface area contributed by atoms with Crippen LogP contribution in [-0.4, -0.2) is 19.4 Å². The largest absolute Gasteiger partial charge is 0.310 e. The summed E-state index contributed by atoms with van der Waals surface area (Å²) < 4.78 is 28.1. The van der Waals surface area contributed by atoms with Crippen LogP contribution in [0.25, 0.3) is 0 Å². The standard InChI is InChI=1S/C13H16BrN3O2S2/c1-9(2)15-8-11-12(5-6-20-11)21(18,19)17-13-4-3-10(14)7-16-13/h3-7,9,15H,8H2,1-2H3,(H,16,17). The third-order valence-corrected chi connectivity index (χ3v) is 5.59. The molecule has 0 unspecified atom stereocenters. The first-order valence-corrected chi connectivity index (χ1v) is 9.48. The summed E-state index contributed by atoms with van der Waals surface area (Å²) in [5.74, 6) is 0.298. The van der Waals surface area contributed by atoms with Crippen LogP contribution in [0.1, 0.15) is 18.7 Å². The summed E-state index contributed by atoms with van der Waals surface area (Å²) >= 11 is 4.68. The van der Waals surface area contributed by atoms with Crippen molar-refractivity contribution in [1.82, 2.24) is 10.3 Å². The molecule has 2 N–H and O–H groups in total. The fourth-order valence-electron chi connectivity index (χ4n) is 1.62. The van der Waals surface area contributed by atoms with Crippen molar-refractivity contribution in [2.75, 3.05) is 4.72 Å². The molecule has 0 aliphatic heterocycles. The Labute approximate surface area is 137 Å². The van der Waals surface area contributed by atoms with Crippen molar-refractivity contribution in [3.63, 3.8) is 0 Å². The molecule has 21 heavy (non-hydrogen) atoms. The minimum Gasteiger partial charge on any atom is -0.310 e. The molecule has 114 valence electrons. The van der Waals surface area contributed by atoms with Gasteiger partial charge in [0.05, 0.1) is 0 Å². The van der Waals surface area contributed by atoms with Crippen molar-refractivity contribution >= 4 is 43.1 Å². The van der Waals surface area contributed by atoms with Gasteiger partial charge in [-0.25, -0.2) is 13.4 Å². The molecule has 0 amide bonds. The molecule has 0 aliphatic rings. The van der Waals surface area contributed by atoms with Crippen LogP contribution in [0.4, 0.5) is 5.82 Å². The average Bonchev–Trinajstić information content (AvgIpc) is 2.88. The number of anilines is 1. The van der Waals surface area contributed by atoms with Gasteiger partial charge in [0.2, 0.25) is 0 Å². The van der Waals surface area contributed by atoms with Gasteiger partial charge in [0, 0.05) is 28.1 Å². The second kappa shape index (κ2) is 6.87. The van der Waals surface area contributed by atoms with Crippen LogP contribution in [0.3, 0.4) is 0 Å². The van der Waals surface area contributed by atoms with Crippen LogP contribution in [0.15, 0.2) is 39.1 Å². The topological polar surface area (TPSA) is 71.1 Å². The Morgan fingerprint density at radius 3 is 2.71 bits per heavy atom. The lowest BCUT2D eigenvalue weighted by Gasteiger charge is -2.10. The van der Waals surface area contributed by atoms with E-state index >= 15 is 0 Å². The number of sulfonamides is 1. The number of nitrogens with one attached hydrogen (secondary N) is 2. The first-order chi connectivity index (χ1) is 9.88. The molecule has 0 aliphatic carbocycles. The Morgan fingerprint density at radius 1 is 1.33 bits per heavy atom. The maximum absolute atomic E-state index is 12.4. The number of thiophene rings is 1. The average molecular weight is 390 g/mol. The van der Waals surface area contributed by atoms with Crippen molar-refractivity contribution in [3.8, 4) is 0 Å². The number of rotatable bonds is 6. The van der Waals surface area contributed by atoms with Gasteiger partial charge in [0.25, 0.3) is 10.0 Å². The monoisotopic (exact) mass is 389 g/mol. The van der Waals surface area contributed by atoms with E-state index in [4.69, 9.17) is 0 Å². The maximum atomic E-state index is 12.4. The van der Waals surface area contributed by atoms with Gasteiger partial charge in [-0.2, -0.15) is 0 Å². The molecule has 2 aromatic rings. The fourth-order valence-corrected chi connectivity index (χ4v) is 4.26. The molecule has 0 aromatic carbocycles. The summed E-state index contributed by atoms with van der Waals surface area (Å²) in [5, 5.41) is 5.01. The smallest absolute Gasteiger partial charge is 0.264 e. The Balaban J connectivity index is 2.19. The van der Waals surface area contributed by atoms with E-state index in [0.29, 0.717) is 23.3 Å². The lowest BCUT2D eigenvalue weighted by molar-refractivity contribution is 0.581. The van der Waals surface area contributed by atoms with Crippen LogP contribution >= 0.6 is 27.3 Å². The summed E-state index contributed by atoms with van der Waals surface area (Å²) in [6.45, 7) is 4.57. The van der Waals surface area contributed by atoms with Crippen molar-refractivity contribution in [2.45, 2.75) is 31.3 Å². The van der Waals surface area contributed by atoms with Gasteiger partial charge < -0.3 is 5.32 Å². The van der Waals surface area contributed by atoms with E-state index in [1.54, 1.807) is 29.8 Å². The number of nitrogens with zero attached hydrogens (tertiary/aromatic N) is 1. The van der Waals surface area contributed by atoms with Crippen LogP contribution in [0.2, 0.25) is 0 Å². The summed E-state index contributed by atoms with van der Waals surface area (Å²) in [6.07, 6.45) is 1.55. The molecular formula is C13H16BrN3O2S2. The van der Waals surface area contributed by atoms with E-state index in [1.807, 2.05) is 13.8 Å². The predicted octanol–water partition coefficient (Wildman–Crippen LogP) is 3.20. The number of halogens is 1. The van der Waals surface area contributed by atoms with Crippen molar-refractivity contribution in [3.05, 3.63) is 39.1 Å². The Bertz CT molecular complexity index is 696. The van der Waals surface area contributed by atoms with Gasteiger partial charge in [0.1, 0.15) is 10.7 Å². The highest BCUT2D eigenvalue weighted by Crippen LogP contribution is 2.24. The highest BCUT2D eigenvalue weighted by Gasteiger charge is 2.20. The normalized spacial score (nSPS) is 11.8. The number of aromatic nitrogens is 1. The van der Waals surface area contributed by atoms with Crippen molar-refractivity contribution < 1.29 is 8.42 Å². The van der Waals surface area contributed by atoms with Gasteiger partial charge in [-0.3, -0.25) is 4.72 Å². The summed E-state index contributed by atoms with van der Waals surface area (Å²) in [4.78, 5) is 5.11. The zero-order valence-electron chi connectivity index (χ0n) is 11.6. The lowest BCUT2D eigenvalue weighted by atomic mass is 10.4. The zero-order valence-corrected chi connectivity index (χ0v) is 14.8. The second-order valence-corrected chi connectivity index (χ2v) is 8.28. The van der Waals surface area contributed by atoms with Gasteiger partial charge in [-0.05, 0) is 39.5 Å². The molecule has 0 radical (unpaired) electrons. The van der Waals surface area contributed by atoms with E-state index in [1.165, 1.54) is 11.3 Å². The molecule has 0 saturated heterocycles. The van der Waals surface area contributed by atoms with E-state index < -0.39 is 10.0 Å². The number of pyridine rings is 1. The van der Waals surface area contributed by atoms with E-state index in [9.17, 15) is 8.42 Å². The zero-order chi connectivity index (χ0) is 15.5. The lowest BCUT2D eigenvalue weighted by Crippen LogP contribution is -2.23. The molecule has 2 aromatic heterocycles. The minimum atomic E-state index is -3.62. The maximum Gasteiger partial charge on any atom is 0.264 e. The quantitative estimate of drug-likeness (QED) is 0.795. The van der Waals surface area contributed by atoms with Gasteiger partial charge in [-0.15, -0.1) is 11.3 Å². The van der Waals surface area contributed by atoms with Crippen molar-refractivity contribution in [1.29, 1.82) is 0 Å². The summed E-state index contributed by atoms with van der Waals surface area (Å²) in [6, 6.07) is 5.26. The highest BCUT2D eigenvalue weighted by molar-refractivity contribution is 9.10. The van der Waals surface area contributed by atoms with E-state index in [2.05, 4.69) is 31.0 Å². The molecule has 0 atom stereocenters. The number of hydrogen-bond donors (Lipinski definition) is 2. The Hall–Kier alpha value is -0.960.